The number of ether oxygens (including phenoxy) is 1. The van der Waals surface area contributed by atoms with E-state index >= 15 is 0 Å². The van der Waals surface area contributed by atoms with Crippen molar-refractivity contribution >= 4 is 44.1 Å². The molecule has 0 saturated carbocycles. The quantitative estimate of drug-likeness (QED) is 0.258. The van der Waals surface area contributed by atoms with Gasteiger partial charge in [-0.2, -0.15) is 0 Å². The molecule has 0 aliphatic carbocycles. The van der Waals surface area contributed by atoms with Crippen LogP contribution in [0.3, 0.4) is 0 Å². The summed E-state index contributed by atoms with van der Waals surface area (Å²) < 4.78 is 6.27. The van der Waals surface area contributed by atoms with Crippen LogP contribution in [0, 0.1) is 6.92 Å². The number of Topliss-reactive ketones (excluding diaryl/α,β-unsaturated/α-hetero) is 1. The first-order valence-electron chi connectivity index (χ1n) is 10.4. The van der Waals surface area contributed by atoms with Crippen molar-refractivity contribution in [2.24, 2.45) is 0 Å². The molecule has 164 valence electrons. The lowest BCUT2D eigenvalue weighted by atomic mass is 9.95. The number of carbonyl (C=O) groups is 2. The number of methoxy groups -OCH3 is 1. The van der Waals surface area contributed by atoms with Crippen LogP contribution in [0.2, 0.25) is 0 Å². The van der Waals surface area contributed by atoms with Crippen LogP contribution >= 0.6 is 11.3 Å². The van der Waals surface area contributed by atoms with Gasteiger partial charge in [0.15, 0.2) is 5.13 Å². The fourth-order valence-electron chi connectivity index (χ4n) is 3.99. The van der Waals surface area contributed by atoms with E-state index in [1.165, 1.54) is 16.2 Å². The maximum absolute atomic E-state index is 13.3. The minimum atomic E-state index is -0.845. The number of anilines is 1. The van der Waals surface area contributed by atoms with E-state index in [9.17, 15) is 14.7 Å². The third-order valence-corrected chi connectivity index (χ3v) is 6.70. The number of ketones is 1. The average molecular weight is 457 g/mol. The van der Waals surface area contributed by atoms with Gasteiger partial charge in [-0.05, 0) is 36.8 Å². The van der Waals surface area contributed by atoms with E-state index in [0.29, 0.717) is 22.0 Å². The van der Waals surface area contributed by atoms with Crippen molar-refractivity contribution in [2.45, 2.75) is 13.0 Å². The lowest BCUT2D eigenvalue weighted by molar-refractivity contribution is -0.132. The van der Waals surface area contributed by atoms with Crippen LogP contribution in [0.5, 0.6) is 5.75 Å². The molecule has 5 rings (SSSR count). The molecule has 4 aromatic rings. The van der Waals surface area contributed by atoms with Crippen molar-refractivity contribution in [3.63, 3.8) is 0 Å². The van der Waals surface area contributed by atoms with Crippen molar-refractivity contribution in [3.05, 3.63) is 95.1 Å². The molecule has 1 amide bonds. The second-order valence-electron chi connectivity index (χ2n) is 7.78. The third kappa shape index (κ3) is 3.56. The summed E-state index contributed by atoms with van der Waals surface area (Å²) in [5.74, 6) is -1.11. The van der Waals surface area contributed by atoms with E-state index in [-0.39, 0.29) is 11.3 Å². The van der Waals surface area contributed by atoms with Gasteiger partial charge in [0.05, 0.1) is 28.9 Å². The highest BCUT2D eigenvalue weighted by atomic mass is 32.1. The molecule has 0 unspecified atom stereocenters. The Labute approximate surface area is 194 Å². The molecule has 1 aliphatic rings. The number of aliphatic hydroxyl groups is 1. The number of aliphatic hydroxyl groups excluding tert-OH is 1. The monoisotopic (exact) mass is 456 g/mol. The summed E-state index contributed by atoms with van der Waals surface area (Å²) in [6, 6.07) is 21.0. The smallest absolute Gasteiger partial charge is 0.301 e. The Morgan fingerprint density at radius 3 is 2.52 bits per heavy atom. The van der Waals surface area contributed by atoms with Gasteiger partial charge in [-0.15, -0.1) is 0 Å². The molecule has 1 atom stereocenters. The molecule has 0 spiro atoms. The van der Waals surface area contributed by atoms with E-state index in [1.54, 1.807) is 37.4 Å². The van der Waals surface area contributed by atoms with Gasteiger partial charge in [0, 0.05) is 5.56 Å². The van der Waals surface area contributed by atoms with Crippen molar-refractivity contribution in [1.82, 2.24) is 4.98 Å². The Hall–Kier alpha value is -3.97. The number of amides is 1. The van der Waals surface area contributed by atoms with Crippen LogP contribution in [0.4, 0.5) is 5.13 Å². The predicted molar refractivity (Wildman–Crippen MR) is 129 cm³/mol. The van der Waals surface area contributed by atoms with E-state index in [4.69, 9.17) is 4.74 Å². The summed E-state index contributed by atoms with van der Waals surface area (Å²) in [6.45, 7) is 1.94. The summed E-state index contributed by atoms with van der Waals surface area (Å²) in [5.41, 5.74) is 2.89. The SMILES string of the molecule is COc1cccc([C@H]2C(=C(O)c3ccc(C)cc3)C(=O)C(=O)N2c2nc3ccccc3s2)c1. The van der Waals surface area contributed by atoms with E-state index < -0.39 is 17.7 Å². The zero-order chi connectivity index (χ0) is 23.1. The van der Waals surface area contributed by atoms with Crippen LogP contribution in [0.25, 0.3) is 16.0 Å². The fraction of sp³-hybridized carbons (Fsp3) is 0.115. The summed E-state index contributed by atoms with van der Waals surface area (Å²) in [6.07, 6.45) is 0. The Morgan fingerprint density at radius 2 is 1.79 bits per heavy atom. The van der Waals surface area contributed by atoms with Crippen molar-refractivity contribution < 1.29 is 19.4 Å². The topological polar surface area (TPSA) is 79.7 Å². The molecule has 33 heavy (non-hydrogen) atoms. The molecule has 2 heterocycles. The highest BCUT2D eigenvalue weighted by Gasteiger charge is 2.48. The van der Waals surface area contributed by atoms with E-state index in [2.05, 4.69) is 4.98 Å². The molecule has 1 fully saturated rings. The van der Waals surface area contributed by atoms with Gasteiger partial charge < -0.3 is 9.84 Å². The Morgan fingerprint density at radius 1 is 1.03 bits per heavy atom. The number of hydrogen-bond donors (Lipinski definition) is 1. The largest absolute Gasteiger partial charge is 0.507 e. The normalized spacial score (nSPS) is 17.6. The number of nitrogens with zero attached hydrogens (tertiary/aromatic N) is 2. The first-order valence-corrected chi connectivity index (χ1v) is 11.2. The van der Waals surface area contributed by atoms with Gasteiger partial charge in [0.1, 0.15) is 11.5 Å². The highest BCUT2D eigenvalue weighted by Crippen LogP contribution is 2.44. The zero-order valence-electron chi connectivity index (χ0n) is 18.0. The first kappa shape index (κ1) is 20.9. The highest BCUT2D eigenvalue weighted by molar-refractivity contribution is 7.22. The number of rotatable bonds is 4. The van der Waals surface area contributed by atoms with Gasteiger partial charge in [-0.1, -0.05) is 65.4 Å². The number of fused-ring (bicyclic) bond motifs is 1. The van der Waals surface area contributed by atoms with Crippen LogP contribution in [0.1, 0.15) is 22.7 Å². The first-order chi connectivity index (χ1) is 16.0. The van der Waals surface area contributed by atoms with Crippen LogP contribution < -0.4 is 9.64 Å². The molecule has 1 saturated heterocycles. The summed E-state index contributed by atoms with van der Waals surface area (Å²) in [4.78, 5) is 32.5. The number of aryl methyl sites for hydroxylation is 1. The molecule has 7 heteroatoms. The lowest BCUT2D eigenvalue weighted by Crippen LogP contribution is -2.29. The third-order valence-electron chi connectivity index (χ3n) is 5.67. The summed E-state index contributed by atoms with van der Waals surface area (Å²) in [7, 11) is 1.55. The number of aromatic nitrogens is 1. The summed E-state index contributed by atoms with van der Waals surface area (Å²) >= 11 is 1.33. The minimum absolute atomic E-state index is 0.0244. The number of carbonyl (C=O) groups excluding carboxylic acids is 2. The number of hydrogen-bond acceptors (Lipinski definition) is 6. The number of para-hydroxylation sites is 1. The minimum Gasteiger partial charge on any atom is -0.507 e. The van der Waals surface area contributed by atoms with Crippen LogP contribution in [-0.2, 0) is 9.59 Å². The molecular formula is C26H20N2O4S. The second kappa shape index (κ2) is 8.18. The van der Waals surface area contributed by atoms with Gasteiger partial charge in [0.25, 0.3) is 5.78 Å². The van der Waals surface area contributed by atoms with Crippen molar-refractivity contribution in [1.29, 1.82) is 0 Å². The Bertz CT molecular complexity index is 1390. The second-order valence-corrected chi connectivity index (χ2v) is 8.79. The van der Waals surface area contributed by atoms with Crippen molar-refractivity contribution in [3.8, 4) is 5.75 Å². The van der Waals surface area contributed by atoms with Gasteiger partial charge in [-0.25, -0.2) is 4.98 Å². The lowest BCUT2D eigenvalue weighted by Gasteiger charge is -2.23. The van der Waals surface area contributed by atoms with Crippen LogP contribution in [0.15, 0.2) is 78.4 Å². The zero-order valence-corrected chi connectivity index (χ0v) is 18.8. The van der Waals surface area contributed by atoms with Gasteiger partial charge >= 0.3 is 5.91 Å². The molecule has 0 bridgehead atoms. The molecule has 1 N–H and O–H groups in total. The number of thiazole rings is 1. The standard InChI is InChI=1S/C26H20N2O4S/c1-15-10-12-16(13-11-15)23(29)21-22(17-6-5-7-18(14-17)32-2)28(25(31)24(21)30)26-27-19-8-3-4-9-20(19)33-26/h3-14,22,29H,1-2H3/t22-/m0/s1. The Kier molecular flexibility index (Phi) is 5.18. The van der Waals surface area contributed by atoms with Crippen molar-refractivity contribution in [2.75, 3.05) is 12.0 Å². The fourth-order valence-corrected chi connectivity index (χ4v) is 4.98. The molecule has 0 radical (unpaired) electrons. The molecule has 3 aromatic carbocycles. The maximum atomic E-state index is 13.3. The van der Waals surface area contributed by atoms with E-state index in [0.717, 1.165) is 15.8 Å². The van der Waals surface area contributed by atoms with Crippen LogP contribution in [-0.4, -0.2) is 28.9 Å². The van der Waals surface area contributed by atoms with E-state index in [1.807, 2.05) is 49.4 Å². The molecule has 1 aromatic heterocycles. The summed E-state index contributed by atoms with van der Waals surface area (Å²) in [5, 5.41) is 11.6. The number of benzene rings is 3. The molecular weight excluding hydrogens is 436 g/mol. The molecule has 6 nitrogen and oxygen atoms in total. The maximum Gasteiger partial charge on any atom is 0.301 e. The van der Waals surface area contributed by atoms with Gasteiger partial charge in [0.2, 0.25) is 0 Å². The molecule has 1 aliphatic heterocycles. The van der Waals surface area contributed by atoms with Gasteiger partial charge in [-0.3, -0.25) is 14.5 Å². The Balaban J connectivity index is 1.74. The average Bonchev–Trinajstić information content (AvgIpc) is 3.37. The predicted octanol–water partition coefficient (Wildman–Crippen LogP) is 5.24.